The Bertz CT molecular complexity index is 969. The molecule has 1 aromatic rings. The molecule has 0 spiro atoms. The lowest BCUT2D eigenvalue weighted by Crippen LogP contribution is -2.65. The molecule has 0 aromatic heterocycles. The summed E-state index contributed by atoms with van der Waals surface area (Å²) in [6, 6.07) is 6.60. The van der Waals surface area contributed by atoms with Crippen LogP contribution in [-0.4, -0.2) is 32.2 Å². The maximum Gasteiger partial charge on any atom is 0.338 e. The summed E-state index contributed by atoms with van der Waals surface area (Å²) in [7, 11) is -2.41. The normalized spacial score (nSPS) is 40.2. The molecule has 0 N–H and O–H groups in total. The molecule has 1 heterocycles. The Balaban J connectivity index is 1.85. The minimum atomic E-state index is -3.99. The topological polar surface area (TPSA) is 61.8 Å². The summed E-state index contributed by atoms with van der Waals surface area (Å²) in [5.74, 6) is -0.653. The molecule has 3 unspecified atom stereocenters. The van der Waals surface area contributed by atoms with Crippen molar-refractivity contribution >= 4 is 26.0 Å². The molecule has 4 bridgehead atoms. The van der Waals surface area contributed by atoms with Crippen molar-refractivity contribution in [3.63, 3.8) is 0 Å². The summed E-state index contributed by atoms with van der Waals surface area (Å²) < 4.78 is 43.0. The van der Waals surface area contributed by atoms with Gasteiger partial charge >= 0.3 is 10.1 Å². The highest BCUT2D eigenvalue weighted by atomic mass is 79.9. The summed E-state index contributed by atoms with van der Waals surface area (Å²) in [4.78, 5) is 0.117. The first-order valence-electron chi connectivity index (χ1n) is 8.77. The van der Waals surface area contributed by atoms with Crippen LogP contribution in [0.3, 0.4) is 0 Å². The van der Waals surface area contributed by atoms with Gasteiger partial charge in [-0.2, -0.15) is 8.42 Å². The van der Waals surface area contributed by atoms with E-state index < -0.39 is 31.1 Å². The van der Waals surface area contributed by atoms with Gasteiger partial charge in [0.15, 0.2) is 5.79 Å². The van der Waals surface area contributed by atoms with Gasteiger partial charge in [-0.3, -0.25) is 0 Å². The summed E-state index contributed by atoms with van der Waals surface area (Å²) in [5, 5.41) is 0. The molecular weight excluding hydrogens is 432 g/mol. The molecule has 7 heteroatoms. The van der Waals surface area contributed by atoms with Crippen molar-refractivity contribution in [3.8, 4) is 0 Å². The van der Waals surface area contributed by atoms with Gasteiger partial charge in [0.25, 0.3) is 0 Å². The molecule has 0 amide bonds. The van der Waals surface area contributed by atoms with Crippen LogP contribution in [0, 0.1) is 17.8 Å². The van der Waals surface area contributed by atoms with Gasteiger partial charge in [0.1, 0.15) is 10.7 Å². The van der Waals surface area contributed by atoms with Crippen LogP contribution in [0.2, 0.25) is 0 Å². The van der Waals surface area contributed by atoms with E-state index in [0.717, 1.165) is 11.1 Å². The number of benzene rings is 1. The number of aryl methyl sites for hydroxylation is 1. The number of hydrogen-bond acceptors (Lipinski definition) is 5. The molecule has 27 heavy (non-hydrogen) atoms. The van der Waals surface area contributed by atoms with Gasteiger partial charge in [-0.15, -0.1) is 0 Å². The maximum atomic E-state index is 13.0. The lowest BCUT2D eigenvalue weighted by atomic mass is 9.48. The van der Waals surface area contributed by atoms with Gasteiger partial charge in [0.2, 0.25) is 0 Å². The van der Waals surface area contributed by atoms with Crippen molar-refractivity contribution in [1.29, 1.82) is 0 Å². The fourth-order valence-corrected chi connectivity index (χ4v) is 6.79. The van der Waals surface area contributed by atoms with E-state index in [0.29, 0.717) is 18.8 Å². The largest absolute Gasteiger partial charge is 0.383 e. The quantitative estimate of drug-likeness (QED) is 0.389. The van der Waals surface area contributed by atoms with E-state index in [-0.39, 0.29) is 4.90 Å². The number of hydrogen-bond donors (Lipinski definition) is 0. The highest BCUT2D eigenvalue weighted by Crippen LogP contribution is 2.74. The number of alkyl halides is 1. The molecular formula is C20H23BrO5S. The van der Waals surface area contributed by atoms with Crippen LogP contribution < -0.4 is 0 Å². The Morgan fingerprint density at radius 1 is 1.22 bits per heavy atom. The van der Waals surface area contributed by atoms with Gasteiger partial charge < -0.3 is 13.7 Å². The van der Waals surface area contributed by atoms with Crippen LogP contribution >= 0.6 is 15.9 Å². The van der Waals surface area contributed by atoms with Crippen LogP contribution in [0.4, 0.5) is 0 Å². The molecule has 5 rings (SSSR count). The first kappa shape index (κ1) is 19.2. The molecule has 0 radical (unpaired) electrons. The van der Waals surface area contributed by atoms with Crippen LogP contribution in [-0.2, 0) is 23.8 Å². The highest BCUT2D eigenvalue weighted by Gasteiger charge is 2.78. The van der Waals surface area contributed by atoms with Crippen LogP contribution in [0.5, 0.6) is 0 Å². The number of allylic oxidation sites excluding steroid dienone is 1. The minimum absolute atomic E-state index is 0.117. The molecule has 2 fully saturated rings. The second-order valence-corrected chi connectivity index (χ2v) is 11.0. The SMILES string of the molecule is C=C1C2(C)COC3(OC)C[C@@]1(Br)C=C(OS(=O)(=O)c1ccc(C)cc1)C32C. The van der Waals surface area contributed by atoms with Gasteiger partial charge in [0, 0.05) is 18.9 Å². The molecule has 1 aliphatic heterocycles. The molecule has 5 nitrogen and oxygen atoms in total. The van der Waals surface area contributed by atoms with E-state index in [1.807, 2.05) is 26.8 Å². The van der Waals surface area contributed by atoms with E-state index >= 15 is 0 Å². The monoisotopic (exact) mass is 454 g/mol. The first-order valence-corrected chi connectivity index (χ1v) is 11.0. The van der Waals surface area contributed by atoms with Crippen molar-refractivity contribution in [2.45, 2.75) is 42.2 Å². The van der Waals surface area contributed by atoms with E-state index in [1.165, 1.54) is 0 Å². The first-order chi connectivity index (χ1) is 12.4. The highest BCUT2D eigenvalue weighted by molar-refractivity contribution is 9.10. The van der Waals surface area contributed by atoms with Gasteiger partial charge in [-0.25, -0.2) is 0 Å². The third-order valence-corrected chi connectivity index (χ3v) is 9.05. The molecule has 146 valence electrons. The molecule has 4 aliphatic rings. The van der Waals surface area contributed by atoms with Gasteiger partial charge in [-0.05, 0) is 37.6 Å². The lowest BCUT2D eigenvalue weighted by Gasteiger charge is -2.60. The standard InChI is InChI=1S/C20H23BrO5S/c1-13-6-8-15(9-7-13)27(22,23)26-16-10-19(21)11-20(24-5)18(16,4)17(3,12-25-20)14(19)2/h6-10H,2,11-12H2,1,3-5H3/t17?,18?,19-,20?/m0/s1. The fraction of sp³-hybridized carbons (Fsp3) is 0.500. The van der Waals surface area contributed by atoms with Crippen LogP contribution in [0.25, 0.3) is 0 Å². The number of rotatable bonds is 4. The van der Waals surface area contributed by atoms with Crippen molar-refractivity contribution in [2.24, 2.45) is 10.8 Å². The molecule has 1 saturated heterocycles. The van der Waals surface area contributed by atoms with Gasteiger partial charge in [0.05, 0.1) is 16.3 Å². The predicted molar refractivity (Wildman–Crippen MR) is 105 cm³/mol. The molecule has 1 aromatic carbocycles. The smallest absolute Gasteiger partial charge is 0.338 e. The lowest BCUT2D eigenvalue weighted by molar-refractivity contribution is -0.255. The van der Waals surface area contributed by atoms with Crippen molar-refractivity contribution in [2.75, 3.05) is 13.7 Å². The number of methoxy groups -OCH3 is 1. The third-order valence-electron chi connectivity index (χ3n) is 6.81. The molecule has 1 saturated carbocycles. The molecule has 3 aliphatic carbocycles. The fourth-order valence-electron chi connectivity index (χ4n) is 4.75. The van der Waals surface area contributed by atoms with E-state index in [1.54, 1.807) is 31.4 Å². The Hall–Kier alpha value is -1.15. The maximum absolute atomic E-state index is 13.0. The van der Waals surface area contributed by atoms with Crippen molar-refractivity contribution in [3.05, 3.63) is 53.8 Å². The van der Waals surface area contributed by atoms with Crippen LogP contribution in [0.1, 0.15) is 25.8 Å². The summed E-state index contributed by atoms with van der Waals surface area (Å²) in [5.41, 5.74) is 0.573. The average Bonchev–Trinajstić information content (AvgIpc) is 2.80. The van der Waals surface area contributed by atoms with E-state index in [9.17, 15) is 8.42 Å². The van der Waals surface area contributed by atoms with Gasteiger partial charge in [-0.1, -0.05) is 47.1 Å². The van der Waals surface area contributed by atoms with Crippen molar-refractivity contribution < 1.29 is 22.1 Å². The Kier molecular flexibility index (Phi) is 3.88. The van der Waals surface area contributed by atoms with E-state index in [4.69, 9.17) is 13.7 Å². The molecule has 4 atom stereocenters. The second-order valence-electron chi connectivity index (χ2n) is 8.08. The zero-order valence-corrected chi connectivity index (χ0v) is 18.2. The van der Waals surface area contributed by atoms with E-state index in [2.05, 4.69) is 22.5 Å². The second kappa shape index (κ2) is 5.47. The Labute approximate surface area is 168 Å². The van der Waals surface area contributed by atoms with Crippen LogP contribution in [0.15, 0.2) is 53.1 Å². The summed E-state index contributed by atoms with van der Waals surface area (Å²) in [6.45, 7) is 10.6. The predicted octanol–water partition coefficient (Wildman–Crippen LogP) is 4.08. The average molecular weight is 455 g/mol. The number of halogens is 1. The third kappa shape index (κ3) is 2.20. The summed E-state index contributed by atoms with van der Waals surface area (Å²) in [6.07, 6.45) is 2.31. The zero-order valence-electron chi connectivity index (χ0n) is 15.8. The number of ether oxygens (including phenoxy) is 2. The zero-order chi connectivity index (χ0) is 19.9. The Morgan fingerprint density at radius 3 is 2.44 bits per heavy atom. The minimum Gasteiger partial charge on any atom is -0.383 e. The summed E-state index contributed by atoms with van der Waals surface area (Å²) >= 11 is 3.76. The van der Waals surface area contributed by atoms with Crippen molar-refractivity contribution in [1.82, 2.24) is 0 Å². The Morgan fingerprint density at radius 2 is 1.85 bits per heavy atom.